The minimum Gasteiger partial charge on any atom is -0.490 e. The molecule has 7 nitrogen and oxygen atoms in total. The van der Waals surface area contributed by atoms with Gasteiger partial charge in [-0.3, -0.25) is 19.3 Å². The van der Waals surface area contributed by atoms with Gasteiger partial charge in [-0.15, -0.1) is 0 Å². The number of thioether (sulfide) groups is 1. The number of hydrogen-bond acceptors (Lipinski definition) is 6. The zero-order chi connectivity index (χ0) is 27.2. The second-order valence-electron chi connectivity index (χ2n) is 8.33. The van der Waals surface area contributed by atoms with Gasteiger partial charge in [0.15, 0.2) is 18.1 Å². The molecule has 3 aromatic rings. The average Bonchev–Trinajstić information content (AvgIpc) is 3.13. The van der Waals surface area contributed by atoms with Gasteiger partial charge in [0.2, 0.25) is 0 Å². The van der Waals surface area contributed by atoms with Crippen LogP contribution in [0.3, 0.4) is 0 Å². The number of benzene rings is 3. The maximum atomic E-state index is 13.0. The van der Waals surface area contributed by atoms with Crippen LogP contribution in [-0.2, 0) is 16.1 Å². The number of anilines is 1. The van der Waals surface area contributed by atoms with Gasteiger partial charge in [-0.05, 0) is 83.0 Å². The van der Waals surface area contributed by atoms with Crippen LogP contribution in [0.5, 0.6) is 11.5 Å². The first-order chi connectivity index (χ1) is 18.2. The zero-order valence-electron chi connectivity index (χ0n) is 20.6. The summed E-state index contributed by atoms with van der Waals surface area (Å²) in [4.78, 5) is 39.5. The number of amides is 3. The predicted molar refractivity (Wildman–Crippen MR) is 154 cm³/mol. The first kappa shape index (κ1) is 27.8. The fourth-order valence-electron chi connectivity index (χ4n) is 3.62. The molecule has 3 amide bonds. The van der Waals surface area contributed by atoms with Gasteiger partial charge in [0.1, 0.15) is 0 Å². The molecule has 0 aromatic heterocycles. The smallest absolute Gasteiger partial charge is 0.293 e. The largest absolute Gasteiger partial charge is 0.490 e. The molecule has 0 unspecified atom stereocenters. The van der Waals surface area contributed by atoms with Gasteiger partial charge < -0.3 is 14.8 Å². The molecule has 1 N–H and O–H groups in total. The van der Waals surface area contributed by atoms with Crippen LogP contribution in [-0.4, -0.2) is 35.2 Å². The van der Waals surface area contributed by atoms with Gasteiger partial charge in [-0.25, -0.2) is 0 Å². The third-order valence-corrected chi connectivity index (χ3v) is 7.29. The molecule has 0 bridgehead atoms. The Balaban J connectivity index is 1.49. The predicted octanol–water partition coefficient (Wildman–Crippen LogP) is 7.06. The van der Waals surface area contributed by atoms with Crippen molar-refractivity contribution >= 4 is 68.1 Å². The third-order valence-electron chi connectivity index (χ3n) is 5.46. The van der Waals surface area contributed by atoms with Crippen LogP contribution in [0.1, 0.15) is 23.6 Å². The molecule has 4 rings (SSSR count). The molecule has 0 saturated carbocycles. The third kappa shape index (κ3) is 6.78. The Bertz CT molecular complexity index is 1410. The van der Waals surface area contributed by atoms with Crippen LogP contribution >= 0.6 is 39.3 Å². The minimum absolute atomic E-state index is 0.208. The van der Waals surface area contributed by atoms with E-state index in [4.69, 9.17) is 21.1 Å². The van der Waals surface area contributed by atoms with E-state index in [1.807, 2.05) is 38.1 Å². The average molecular weight is 616 g/mol. The van der Waals surface area contributed by atoms with E-state index in [-0.39, 0.29) is 24.3 Å². The molecule has 0 spiro atoms. The normalized spacial score (nSPS) is 14.2. The van der Waals surface area contributed by atoms with Gasteiger partial charge in [0.05, 0.1) is 33.2 Å². The fourth-order valence-corrected chi connectivity index (χ4v) is 5.22. The zero-order valence-corrected chi connectivity index (χ0v) is 23.8. The second kappa shape index (κ2) is 12.5. The molecule has 1 aliphatic rings. The summed E-state index contributed by atoms with van der Waals surface area (Å²) in [6, 6.07) is 18.0. The number of rotatable bonds is 9. The van der Waals surface area contributed by atoms with E-state index in [1.165, 1.54) is 4.90 Å². The van der Waals surface area contributed by atoms with E-state index < -0.39 is 5.91 Å². The fraction of sp³-hybridized carbons (Fsp3) is 0.179. The molecular weight excluding hydrogens is 592 g/mol. The summed E-state index contributed by atoms with van der Waals surface area (Å²) in [5.74, 6) is -0.0201. The number of hydrogen-bond donors (Lipinski definition) is 1. The standard InChI is InChI=1S/C28H24BrClN2O5S/c1-3-36-23-13-19(12-20(29)26(23)37-16-25(33)31-22-7-5-4-6-21(22)30)14-24-27(34)32(28(35)38-24)15-18-10-8-17(2)9-11-18/h4-14H,3,15-16H2,1-2H3,(H,31,33)/b24-14-. The van der Waals surface area contributed by atoms with Gasteiger partial charge in [-0.1, -0.05) is 53.6 Å². The summed E-state index contributed by atoms with van der Waals surface area (Å²) < 4.78 is 12.0. The van der Waals surface area contributed by atoms with Crippen LogP contribution in [0.2, 0.25) is 5.02 Å². The van der Waals surface area contributed by atoms with E-state index in [0.717, 1.165) is 22.9 Å². The lowest BCUT2D eigenvalue weighted by atomic mass is 10.1. The van der Waals surface area contributed by atoms with Crippen LogP contribution < -0.4 is 14.8 Å². The van der Waals surface area contributed by atoms with Crippen molar-refractivity contribution in [3.63, 3.8) is 0 Å². The quantitative estimate of drug-likeness (QED) is 0.259. The van der Waals surface area contributed by atoms with Crippen molar-refractivity contribution in [2.75, 3.05) is 18.5 Å². The van der Waals surface area contributed by atoms with E-state index >= 15 is 0 Å². The topological polar surface area (TPSA) is 84.9 Å². The number of carbonyl (C=O) groups excluding carboxylic acids is 3. The lowest BCUT2D eigenvalue weighted by Crippen LogP contribution is -2.27. The Morgan fingerprint density at radius 3 is 2.55 bits per heavy atom. The molecule has 1 saturated heterocycles. The Morgan fingerprint density at radius 1 is 1.11 bits per heavy atom. The Labute approximate surface area is 238 Å². The number of nitrogens with zero attached hydrogens (tertiary/aromatic N) is 1. The summed E-state index contributed by atoms with van der Waals surface area (Å²) in [7, 11) is 0. The highest BCUT2D eigenvalue weighted by molar-refractivity contribution is 9.10. The molecule has 0 radical (unpaired) electrons. The molecule has 0 atom stereocenters. The van der Waals surface area contributed by atoms with Crippen molar-refractivity contribution in [1.82, 2.24) is 4.90 Å². The first-order valence-corrected chi connectivity index (χ1v) is 13.7. The van der Waals surface area contributed by atoms with Crippen molar-refractivity contribution in [3.05, 3.63) is 91.8 Å². The minimum atomic E-state index is -0.390. The number of para-hydroxylation sites is 1. The van der Waals surface area contributed by atoms with Crippen LogP contribution in [0.15, 0.2) is 70.0 Å². The van der Waals surface area contributed by atoms with Gasteiger partial charge in [0.25, 0.3) is 17.1 Å². The van der Waals surface area contributed by atoms with Crippen molar-refractivity contribution < 1.29 is 23.9 Å². The van der Waals surface area contributed by atoms with Crippen LogP contribution in [0, 0.1) is 6.92 Å². The molecule has 1 fully saturated rings. The lowest BCUT2D eigenvalue weighted by molar-refractivity contribution is -0.123. The molecule has 196 valence electrons. The molecule has 3 aromatic carbocycles. The molecule has 1 heterocycles. The van der Waals surface area contributed by atoms with Crippen LogP contribution in [0.25, 0.3) is 6.08 Å². The lowest BCUT2D eigenvalue weighted by Gasteiger charge is -2.15. The highest BCUT2D eigenvalue weighted by Crippen LogP contribution is 2.39. The highest BCUT2D eigenvalue weighted by atomic mass is 79.9. The van der Waals surface area contributed by atoms with E-state index in [9.17, 15) is 14.4 Å². The van der Waals surface area contributed by atoms with Gasteiger partial charge in [0, 0.05) is 0 Å². The number of nitrogens with one attached hydrogen (secondary N) is 1. The molecule has 10 heteroatoms. The summed E-state index contributed by atoms with van der Waals surface area (Å²) in [6.45, 7) is 4.09. The Morgan fingerprint density at radius 2 is 1.84 bits per heavy atom. The highest BCUT2D eigenvalue weighted by Gasteiger charge is 2.35. The van der Waals surface area contributed by atoms with Crippen molar-refractivity contribution in [2.45, 2.75) is 20.4 Å². The summed E-state index contributed by atoms with van der Waals surface area (Å²) in [5, 5.41) is 2.80. The summed E-state index contributed by atoms with van der Waals surface area (Å²) >= 11 is 10.5. The van der Waals surface area contributed by atoms with E-state index in [1.54, 1.807) is 42.5 Å². The van der Waals surface area contributed by atoms with Crippen molar-refractivity contribution in [3.8, 4) is 11.5 Å². The maximum Gasteiger partial charge on any atom is 0.293 e. The molecule has 0 aliphatic carbocycles. The second-order valence-corrected chi connectivity index (χ2v) is 10.6. The van der Waals surface area contributed by atoms with Gasteiger partial charge >= 0.3 is 0 Å². The Kier molecular flexibility index (Phi) is 9.14. The molecule has 1 aliphatic heterocycles. The summed E-state index contributed by atoms with van der Waals surface area (Å²) in [6.07, 6.45) is 1.64. The van der Waals surface area contributed by atoms with Crippen molar-refractivity contribution in [1.29, 1.82) is 0 Å². The monoisotopic (exact) mass is 614 g/mol. The number of imide groups is 1. The molecule has 38 heavy (non-hydrogen) atoms. The SMILES string of the molecule is CCOc1cc(/C=C2\SC(=O)N(Cc3ccc(C)cc3)C2=O)cc(Br)c1OCC(=O)Nc1ccccc1Cl. The number of ether oxygens (including phenoxy) is 2. The van der Waals surface area contributed by atoms with E-state index in [0.29, 0.717) is 43.8 Å². The number of halogens is 2. The van der Waals surface area contributed by atoms with E-state index in [2.05, 4.69) is 21.2 Å². The van der Waals surface area contributed by atoms with Crippen LogP contribution in [0.4, 0.5) is 10.5 Å². The number of carbonyl (C=O) groups is 3. The van der Waals surface area contributed by atoms with Crippen molar-refractivity contribution in [2.24, 2.45) is 0 Å². The number of aryl methyl sites for hydroxylation is 1. The maximum absolute atomic E-state index is 13.0. The Hall–Kier alpha value is -3.27. The summed E-state index contributed by atoms with van der Waals surface area (Å²) in [5.41, 5.74) is 3.10. The van der Waals surface area contributed by atoms with Gasteiger partial charge in [-0.2, -0.15) is 0 Å². The first-order valence-electron chi connectivity index (χ1n) is 11.7. The molecular formula is C28H24BrClN2O5S.